The van der Waals surface area contributed by atoms with Gasteiger partial charge in [-0.15, -0.1) is 0 Å². The molecule has 86 valence electrons. The third-order valence-corrected chi connectivity index (χ3v) is 2.81. The Balaban J connectivity index is 2.66. The van der Waals surface area contributed by atoms with Crippen LogP contribution in [0.5, 0.6) is 0 Å². The Morgan fingerprint density at radius 3 is 2.75 bits per heavy atom. The number of aryl methyl sites for hydroxylation is 1. The minimum absolute atomic E-state index is 0.0965. The van der Waals surface area contributed by atoms with Crippen LogP contribution >= 0.6 is 28.1 Å². The molecule has 1 aromatic rings. The van der Waals surface area contributed by atoms with Crippen LogP contribution in [0, 0.1) is 6.92 Å². The first kappa shape index (κ1) is 13.1. The molecule has 0 aliphatic rings. The highest BCUT2D eigenvalue weighted by Gasteiger charge is 2.04. The van der Waals surface area contributed by atoms with Crippen LogP contribution in [0.25, 0.3) is 0 Å². The summed E-state index contributed by atoms with van der Waals surface area (Å²) in [6, 6.07) is 5.85. The average Bonchev–Trinajstić information content (AvgIpc) is 2.22. The van der Waals surface area contributed by atoms with Gasteiger partial charge in [0.05, 0.1) is 5.69 Å². The Kier molecular flexibility index (Phi) is 4.89. The smallest absolute Gasteiger partial charge is 0.225 e. The molecule has 0 aromatic heterocycles. The van der Waals surface area contributed by atoms with Crippen molar-refractivity contribution in [1.29, 1.82) is 0 Å². The SMILES string of the molecule is CCC(=O)NC(=S)Nc1ccc(C)cc1Br. The molecule has 0 aliphatic carbocycles. The van der Waals surface area contributed by atoms with Gasteiger partial charge in [-0.3, -0.25) is 4.79 Å². The van der Waals surface area contributed by atoms with Crippen molar-refractivity contribution in [3.8, 4) is 0 Å². The summed E-state index contributed by atoms with van der Waals surface area (Å²) in [5.74, 6) is -0.0965. The Labute approximate surface area is 109 Å². The van der Waals surface area contributed by atoms with E-state index in [0.717, 1.165) is 15.7 Å². The van der Waals surface area contributed by atoms with E-state index >= 15 is 0 Å². The summed E-state index contributed by atoms with van der Waals surface area (Å²) >= 11 is 8.43. The number of halogens is 1. The number of hydrogen-bond acceptors (Lipinski definition) is 2. The second-order valence-corrected chi connectivity index (χ2v) is 4.60. The highest BCUT2D eigenvalue weighted by atomic mass is 79.9. The Morgan fingerprint density at radius 1 is 1.50 bits per heavy atom. The van der Waals surface area contributed by atoms with Gasteiger partial charge in [-0.25, -0.2) is 0 Å². The number of nitrogens with one attached hydrogen (secondary N) is 2. The maximum Gasteiger partial charge on any atom is 0.225 e. The van der Waals surface area contributed by atoms with Gasteiger partial charge in [0.1, 0.15) is 0 Å². The maximum absolute atomic E-state index is 11.1. The molecule has 0 bridgehead atoms. The summed E-state index contributed by atoms with van der Waals surface area (Å²) in [6.07, 6.45) is 0.414. The molecular formula is C11H13BrN2OS. The average molecular weight is 301 g/mol. The zero-order valence-electron chi connectivity index (χ0n) is 9.13. The van der Waals surface area contributed by atoms with Crippen molar-refractivity contribution < 1.29 is 4.79 Å². The summed E-state index contributed by atoms with van der Waals surface area (Å²) in [7, 11) is 0. The van der Waals surface area contributed by atoms with Crippen molar-refractivity contribution in [2.24, 2.45) is 0 Å². The van der Waals surface area contributed by atoms with Crippen molar-refractivity contribution in [1.82, 2.24) is 5.32 Å². The van der Waals surface area contributed by atoms with E-state index in [0.29, 0.717) is 11.5 Å². The third-order valence-electron chi connectivity index (χ3n) is 1.95. The lowest BCUT2D eigenvalue weighted by Crippen LogP contribution is -2.33. The standard InChI is InChI=1S/C11H13BrN2OS/c1-3-10(15)14-11(16)13-9-5-4-7(2)6-8(9)12/h4-6H,3H2,1-2H3,(H2,13,14,15,16). The van der Waals surface area contributed by atoms with Crippen molar-refractivity contribution in [2.75, 3.05) is 5.32 Å². The van der Waals surface area contributed by atoms with E-state index in [9.17, 15) is 4.79 Å². The number of benzene rings is 1. The topological polar surface area (TPSA) is 41.1 Å². The summed E-state index contributed by atoms with van der Waals surface area (Å²) < 4.78 is 0.917. The number of carbonyl (C=O) groups is 1. The molecule has 0 radical (unpaired) electrons. The minimum atomic E-state index is -0.0965. The first-order valence-corrected chi connectivity index (χ1v) is 6.10. The molecule has 1 amide bonds. The Hall–Kier alpha value is -0.940. The molecule has 1 aromatic carbocycles. The van der Waals surface area contributed by atoms with Crippen molar-refractivity contribution in [3.63, 3.8) is 0 Å². The molecule has 0 spiro atoms. The van der Waals surface area contributed by atoms with E-state index in [1.807, 2.05) is 25.1 Å². The van der Waals surface area contributed by atoms with Crippen LogP contribution in [0.15, 0.2) is 22.7 Å². The molecule has 0 fully saturated rings. The van der Waals surface area contributed by atoms with Crippen LogP contribution < -0.4 is 10.6 Å². The summed E-state index contributed by atoms with van der Waals surface area (Å²) in [5.41, 5.74) is 1.99. The molecule has 0 aliphatic heterocycles. The predicted molar refractivity (Wildman–Crippen MR) is 73.5 cm³/mol. The maximum atomic E-state index is 11.1. The van der Waals surface area contributed by atoms with Gasteiger partial charge in [0, 0.05) is 10.9 Å². The number of amides is 1. The molecule has 2 N–H and O–H groups in total. The van der Waals surface area contributed by atoms with Gasteiger partial charge in [-0.05, 0) is 52.8 Å². The van der Waals surface area contributed by atoms with Crippen molar-refractivity contribution in [2.45, 2.75) is 20.3 Å². The van der Waals surface area contributed by atoms with E-state index in [-0.39, 0.29) is 5.91 Å². The fraction of sp³-hybridized carbons (Fsp3) is 0.273. The quantitative estimate of drug-likeness (QED) is 0.825. The van der Waals surface area contributed by atoms with Crippen LogP contribution in [-0.4, -0.2) is 11.0 Å². The van der Waals surface area contributed by atoms with Crippen LogP contribution in [-0.2, 0) is 4.79 Å². The number of hydrogen-bond donors (Lipinski definition) is 2. The van der Waals surface area contributed by atoms with E-state index in [1.165, 1.54) is 0 Å². The van der Waals surface area contributed by atoms with E-state index in [4.69, 9.17) is 12.2 Å². The molecule has 5 heteroatoms. The van der Waals surface area contributed by atoms with Gasteiger partial charge in [-0.2, -0.15) is 0 Å². The summed E-state index contributed by atoms with van der Waals surface area (Å²) in [6.45, 7) is 3.78. The van der Waals surface area contributed by atoms with Crippen LogP contribution in [0.4, 0.5) is 5.69 Å². The molecule has 3 nitrogen and oxygen atoms in total. The number of carbonyl (C=O) groups excluding carboxylic acids is 1. The summed E-state index contributed by atoms with van der Waals surface area (Å²) in [4.78, 5) is 11.1. The normalized spacial score (nSPS) is 9.69. The van der Waals surface area contributed by atoms with E-state index in [2.05, 4.69) is 26.6 Å². The first-order chi connectivity index (χ1) is 7.52. The number of anilines is 1. The largest absolute Gasteiger partial charge is 0.331 e. The van der Waals surface area contributed by atoms with Gasteiger partial charge in [0.15, 0.2) is 5.11 Å². The number of rotatable bonds is 2. The molecular weight excluding hydrogens is 288 g/mol. The summed E-state index contributed by atoms with van der Waals surface area (Å²) in [5, 5.41) is 5.85. The van der Waals surface area contributed by atoms with Crippen LogP contribution in [0.2, 0.25) is 0 Å². The Morgan fingerprint density at radius 2 is 2.19 bits per heavy atom. The zero-order valence-corrected chi connectivity index (χ0v) is 11.5. The van der Waals surface area contributed by atoms with Crippen molar-refractivity contribution in [3.05, 3.63) is 28.2 Å². The fourth-order valence-electron chi connectivity index (χ4n) is 1.09. The van der Waals surface area contributed by atoms with Crippen LogP contribution in [0.1, 0.15) is 18.9 Å². The Bertz CT molecular complexity index is 420. The number of thiocarbonyl (C=S) groups is 1. The molecule has 0 heterocycles. The zero-order chi connectivity index (χ0) is 12.1. The lowest BCUT2D eigenvalue weighted by atomic mass is 10.2. The lowest BCUT2D eigenvalue weighted by molar-refractivity contribution is -0.119. The van der Waals surface area contributed by atoms with Gasteiger partial charge in [-0.1, -0.05) is 13.0 Å². The fourth-order valence-corrected chi connectivity index (χ4v) is 1.91. The molecule has 16 heavy (non-hydrogen) atoms. The van der Waals surface area contributed by atoms with E-state index in [1.54, 1.807) is 6.92 Å². The van der Waals surface area contributed by atoms with Gasteiger partial charge in [0.25, 0.3) is 0 Å². The van der Waals surface area contributed by atoms with Crippen molar-refractivity contribution >= 4 is 44.9 Å². The lowest BCUT2D eigenvalue weighted by Gasteiger charge is -2.10. The highest BCUT2D eigenvalue weighted by molar-refractivity contribution is 9.10. The monoisotopic (exact) mass is 300 g/mol. The molecule has 1 rings (SSSR count). The van der Waals surface area contributed by atoms with Gasteiger partial charge >= 0.3 is 0 Å². The van der Waals surface area contributed by atoms with Gasteiger partial charge in [0.2, 0.25) is 5.91 Å². The molecule has 0 atom stereocenters. The second-order valence-electron chi connectivity index (χ2n) is 3.34. The van der Waals surface area contributed by atoms with Crippen LogP contribution in [0.3, 0.4) is 0 Å². The highest BCUT2D eigenvalue weighted by Crippen LogP contribution is 2.23. The van der Waals surface area contributed by atoms with E-state index < -0.39 is 0 Å². The van der Waals surface area contributed by atoms with Gasteiger partial charge < -0.3 is 10.6 Å². The first-order valence-electron chi connectivity index (χ1n) is 4.90. The minimum Gasteiger partial charge on any atom is -0.331 e. The molecule has 0 saturated heterocycles. The third kappa shape index (κ3) is 3.90. The second kappa shape index (κ2) is 5.96. The molecule has 0 saturated carbocycles. The predicted octanol–water partition coefficient (Wildman–Crippen LogP) is 2.98. The molecule has 0 unspecified atom stereocenters.